The van der Waals surface area contributed by atoms with E-state index in [1.54, 1.807) is 13.0 Å². The van der Waals surface area contributed by atoms with Crippen LogP contribution in [-0.2, 0) is 20.7 Å². The highest BCUT2D eigenvalue weighted by atomic mass is 16.5. The molecule has 0 unspecified atom stereocenters. The summed E-state index contributed by atoms with van der Waals surface area (Å²) in [5.41, 5.74) is 0.779. The number of aliphatic hydroxyl groups excluding tert-OH is 3. The highest BCUT2D eigenvalue weighted by Crippen LogP contribution is 2.27. The summed E-state index contributed by atoms with van der Waals surface area (Å²) in [6.45, 7) is 1.87. The van der Waals surface area contributed by atoms with Crippen LogP contribution in [0.2, 0.25) is 0 Å². The van der Waals surface area contributed by atoms with Gasteiger partial charge in [0.1, 0.15) is 35.9 Å². The van der Waals surface area contributed by atoms with Crippen molar-refractivity contribution >= 4 is 11.6 Å². The lowest BCUT2D eigenvalue weighted by molar-refractivity contribution is -0.152. The second-order valence-corrected chi connectivity index (χ2v) is 8.71. The van der Waals surface area contributed by atoms with Crippen LogP contribution in [0.4, 0.5) is 0 Å². The smallest absolute Gasteiger partial charge is 0.165 e. The summed E-state index contributed by atoms with van der Waals surface area (Å²) in [5.74, 6) is -0.297. The molecule has 1 fully saturated rings. The van der Waals surface area contributed by atoms with Gasteiger partial charge in [-0.2, -0.15) is 0 Å². The Morgan fingerprint density at radius 3 is 2.62 bits per heavy atom. The molecule has 0 saturated heterocycles. The molecule has 7 nitrogen and oxygen atoms in total. The van der Waals surface area contributed by atoms with Crippen LogP contribution >= 0.6 is 0 Å². The Balaban J connectivity index is 1.62. The molecular weight excluding hydrogens is 412 g/mol. The second-order valence-electron chi connectivity index (χ2n) is 8.71. The van der Waals surface area contributed by atoms with Crippen LogP contribution in [0.3, 0.4) is 0 Å². The number of allylic oxidation sites excluding steroid dienone is 1. The average Bonchev–Trinajstić information content (AvgIpc) is 3.26. The summed E-state index contributed by atoms with van der Waals surface area (Å²) >= 11 is 0. The van der Waals surface area contributed by atoms with Gasteiger partial charge in [0, 0.05) is 25.0 Å². The molecule has 7 heteroatoms. The molecule has 1 aliphatic carbocycles. The SMILES string of the molecule is CCO[C@@H](C(=O)C[C@H]1COc2ccccc2CC1=O)[C@H](O)[C@@H](O)[C@H](O)/C=C/C1CCCC1. The Kier molecular flexibility index (Phi) is 8.99. The number of ketones is 2. The van der Waals surface area contributed by atoms with E-state index >= 15 is 0 Å². The highest BCUT2D eigenvalue weighted by Gasteiger charge is 2.38. The van der Waals surface area contributed by atoms with Gasteiger partial charge in [0.2, 0.25) is 0 Å². The van der Waals surface area contributed by atoms with Crippen LogP contribution in [0.15, 0.2) is 36.4 Å². The van der Waals surface area contributed by atoms with E-state index < -0.39 is 36.1 Å². The van der Waals surface area contributed by atoms with Crippen LogP contribution in [0.25, 0.3) is 0 Å². The van der Waals surface area contributed by atoms with E-state index in [9.17, 15) is 24.9 Å². The summed E-state index contributed by atoms with van der Waals surface area (Å²) in [7, 11) is 0. The molecule has 2 aliphatic rings. The van der Waals surface area contributed by atoms with Crippen molar-refractivity contribution < 1.29 is 34.4 Å². The molecule has 176 valence electrons. The minimum absolute atomic E-state index is 0.0613. The van der Waals surface area contributed by atoms with Crippen molar-refractivity contribution in [2.45, 2.75) is 69.9 Å². The summed E-state index contributed by atoms with van der Waals surface area (Å²) in [6, 6.07) is 7.26. The fourth-order valence-electron chi connectivity index (χ4n) is 4.42. The third-order valence-electron chi connectivity index (χ3n) is 6.33. The maximum Gasteiger partial charge on any atom is 0.165 e. The van der Waals surface area contributed by atoms with Gasteiger partial charge < -0.3 is 24.8 Å². The number of carbonyl (C=O) groups is 2. The Morgan fingerprint density at radius 2 is 1.91 bits per heavy atom. The van der Waals surface area contributed by atoms with Crippen molar-refractivity contribution in [1.82, 2.24) is 0 Å². The molecule has 0 bridgehead atoms. The summed E-state index contributed by atoms with van der Waals surface area (Å²) in [6.07, 6.45) is 1.86. The first kappa shape index (κ1) is 24.6. The number of hydrogen-bond donors (Lipinski definition) is 3. The van der Waals surface area contributed by atoms with Gasteiger partial charge in [0.15, 0.2) is 5.78 Å². The average molecular weight is 447 g/mol. The van der Waals surface area contributed by atoms with Gasteiger partial charge in [0.05, 0.1) is 12.5 Å². The van der Waals surface area contributed by atoms with Crippen molar-refractivity contribution in [2.24, 2.45) is 11.8 Å². The molecule has 1 heterocycles. The maximum atomic E-state index is 13.0. The monoisotopic (exact) mass is 446 g/mol. The summed E-state index contributed by atoms with van der Waals surface area (Å²) in [5, 5.41) is 31.4. The van der Waals surface area contributed by atoms with E-state index in [0.717, 1.165) is 31.2 Å². The van der Waals surface area contributed by atoms with E-state index in [1.807, 2.05) is 24.3 Å². The van der Waals surface area contributed by atoms with Crippen LogP contribution in [-0.4, -0.2) is 64.5 Å². The number of benzene rings is 1. The topological polar surface area (TPSA) is 113 Å². The molecule has 0 amide bonds. The van der Waals surface area contributed by atoms with Gasteiger partial charge in [0.25, 0.3) is 0 Å². The summed E-state index contributed by atoms with van der Waals surface area (Å²) in [4.78, 5) is 25.6. The van der Waals surface area contributed by atoms with Gasteiger partial charge in [-0.05, 0) is 31.7 Å². The number of hydrogen-bond acceptors (Lipinski definition) is 7. The zero-order chi connectivity index (χ0) is 23.1. The van der Waals surface area contributed by atoms with Crippen LogP contribution in [0.5, 0.6) is 5.75 Å². The Bertz CT molecular complexity index is 799. The third kappa shape index (κ3) is 6.25. The molecule has 1 saturated carbocycles. The van der Waals surface area contributed by atoms with Crippen molar-refractivity contribution in [3.63, 3.8) is 0 Å². The number of fused-ring (bicyclic) bond motifs is 1. The molecule has 1 aromatic rings. The Labute approximate surface area is 189 Å². The van der Waals surface area contributed by atoms with Crippen LogP contribution in [0, 0.1) is 11.8 Å². The van der Waals surface area contributed by atoms with Crippen LogP contribution in [0.1, 0.15) is 44.6 Å². The molecule has 32 heavy (non-hydrogen) atoms. The second kappa shape index (κ2) is 11.7. The Morgan fingerprint density at radius 1 is 1.19 bits per heavy atom. The van der Waals surface area contributed by atoms with E-state index in [4.69, 9.17) is 9.47 Å². The zero-order valence-corrected chi connectivity index (χ0v) is 18.6. The highest BCUT2D eigenvalue weighted by molar-refractivity contribution is 5.92. The first-order valence-corrected chi connectivity index (χ1v) is 11.5. The quantitative estimate of drug-likeness (QED) is 0.471. The van der Waals surface area contributed by atoms with Crippen LogP contribution < -0.4 is 4.74 Å². The maximum absolute atomic E-state index is 13.0. The number of Topliss-reactive ketones (excluding diaryl/α,β-unsaturated/α-hetero) is 2. The minimum Gasteiger partial charge on any atom is -0.493 e. The van der Waals surface area contributed by atoms with Gasteiger partial charge in [-0.3, -0.25) is 9.59 Å². The number of ether oxygens (including phenoxy) is 2. The van der Waals surface area contributed by atoms with Crippen molar-refractivity contribution in [2.75, 3.05) is 13.2 Å². The van der Waals surface area contributed by atoms with Crippen molar-refractivity contribution in [3.05, 3.63) is 42.0 Å². The van der Waals surface area contributed by atoms with Crippen molar-refractivity contribution in [3.8, 4) is 5.75 Å². The minimum atomic E-state index is -1.62. The van der Waals surface area contributed by atoms with Gasteiger partial charge in [-0.25, -0.2) is 0 Å². The lowest BCUT2D eigenvalue weighted by Gasteiger charge is -2.28. The number of rotatable bonds is 10. The van der Waals surface area contributed by atoms with E-state index in [-0.39, 0.29) is 31.8 Å². The molecule has 3 rings (SSSR count). The molecule has 0 spiro atoms. The van der Waals surface area contributed by atoms with Gasteiger partial charge in [-0.1, -0.05) is 43.2 Å². The molecule has 0 aromatic heterocycles. The van der Waals surface area contributed by atoms with E-state index in [0.29, 0.717) is 11.7 Å². The summed E-state index contributed by atoms with van der Waals surface area (Å²) < 4.78 is 11.2. The fourth-order valence-corrected chi connectivity index (χ4v) is 4.42. The molecule has 1 aromatic carbocycles. The molecule has 0 radical (unpaired) electrons. The standard InChI is InChI=1S/C25H34O7/c1-2-31-25(24(30)23(29)19(26)12-11-16-7-3-4-8-16)21(28)14-18-15-32-22-10-6-5-9-17(22)13-20(18)27/h5-6,9-12,16,18-19,23-26,29-30H,2-4,7-8,13-15H2,1H3/b12-11+/t18-,19+,23-,24+,25-/m0/s1. The number of para-hydroxylation sites is 1. The fraction of sp³-hybridized carbons (Fsp3) is 0.600. The van der Waals surface area contributed by atoms with E-state index in [1.165, 1.54) is 6.08 Å². The first-order valence-electron chi connectivity index (χ1n) is 11.5. The predicted molar refractivity (Wildman–Crippen MR) is 118 cm³/mol. The van der Waals surface area contributed by atoms with Gasteiger partial charge >= 0.3 is 0 Å². The third-order valence-corrected chi connectivity index (χ3v) is 6.33. The number of aliphatic hydroxyl groups is 3. The largest absolute Gasteiger partial charge is 0.493 e. The molecular formula is C25H34O7. The lowest BCUT2D eigenvalue weighted by atomic mass is 9.90. The van der Waals surface area contributed by atoms with E-state index in [2.05, 4.69) is 0 Å². The number of carbonyl (C=O) groups excluding carboxylic acids is 2. The normalized spacial score (nSPS) is 23.2. The van der Waals surface area contributed by atoms with Crippen molar-refractivity contribution in [1.29, 1.82) is 0 Å². The lowest BCUT2D eigenvalue weighted by Crippen LogP contribution is -2.49. The first-order chi connectivity index (χ1) is 15.4. The molecule has 5 atom stereocenters. The molecule has 3 N–H and O–H groups in total. The predicted octanol–water partition coefficient (Wildman–Crippen LogP) is 2.00. The zero-order valence-electron chi connectivity index (χ0n) is 18.6. The Hall–Kier alpha value is -2.06. The molecule has 1 aliphatic heterocycles. The van der Waals surface area contributed by atoms with Gasteiger partial charge in [-0.15, -0.1) is 0 Å².